The molecule has 7 heteroatoms. The molecule has 2 N–H and O–H groups in total. The van der Waals surface area contributed by atoms with E-state index in [1.807, 2.05) is 39.0 Å². The van der Waals surface area contributed by atoms with E-state index < -0.39 is 11.7 Å². The van der Waals surface area contributed by atoms with Gasteiger partial charge in [0.25, 0.3) is 11.8 Å². The summed E-state index contributed by atoms with van der Waals surface area (Å²) < 4.78 is 5.28. The third-order valence-electron chi connectivity index (χ3n) is 5.16. The van der Waals surface area contributed by atoms with Gasteiger partial charge in [-0.15, -0.1) is 0 Å². The van der Waals surface area contributed by atoms with Crippen LogP contribution in [0.2, 0.25) is 0 Å². The highest BCUT2D eigenvalue weighted by molar-refractivity contribution is 6.21. The SMILES string of the molecule is CC(C)(C)OC(=O)Nc1ccc2c(c1)NC[C@@H](CN1C(=O)c3ccccc3C1=O)C2. The summed E-state index contributed by atoms with van der Waals surface area (Å²) in [7, 11) is 0. The molecular weight excluding hydrogens is 382 g/mol. The first-order chi connectivity index (χ1) is 14.2. The highest BCUT2D eigenvalue weighted by Crippen LogP contribution is 2.30. The number of anilines is 2. The lowest BCUT2D eigenvalue weighted by atomic mass is 9.93. The van der Waals surface area contributed by atoms with E-state index in [1.165, 1.54) is 4.90 Å². The van der Waals surface area contributed by atoms with Gasteiger partial charge in [0.1, 0.15) is 5.60 Å². The Balaban J connectivity index is 1.41. The Hall–Kier alpha value is -3.35. The minimum absolute atomic E-state index is 0.115. The normalized spacial score (nSPS) is 17.8. The Labute approximate surface area is 175 Å². The summed E-state index contributed by atoms with van der Waals surface area (Å²) in [6.45, 7) is 6.45. The van der Waals surface area contributed by atoms with E-state index in [1.54, 1.807) is 24.3 Å². The number of ether oxygens (including phenoxy) is 1. The standard InChI is InChI=1S/C23H25N3O4/c1-23(2,3)30-22(29)25-16-9-8-15-10-14(12-24-19(15)11-16)13-26-20(27)17-6-4-5-7-18(17)21(26)28/h4-9,11,14,24H,10,12-13H2,1-3H3,(H,25,29)/t14-/m0/s1. The molecule has 1 atom stereocenters. The summed E-state index contributed by atoms with van der Waals surface area (Å²) in [5, 5.41) is 6.10. The second-order valence-electron chi connectivity index (χ2n) is 8.72. The predicted molar refractivity (Wildman–Crippen MR) is 114 cm³/mol. The lowest BCUT2D eigenvalue weighted by molar-refractivity contribution is 0.0620. The van der Waals surface area contributed by atoms with E-state index in [9.17, 15) is 14.4 Å². The molecule has 2 heterocycles. The topological polar surface area (TPSA) is 87.7 Å². The molecule has 156 valence electrons. The predicted octanol–water partition coefficient (Wildman–Crippen LogP) is 3.91. The summed E-state index contributed by atoms with van der Waals surface area (Å²) in [6.07, 6.45) is 0.240. The number of fused-ring (bicyclic) bond motifs is 2. The zero-order chi connectivity index (χ0) is 21.5. The average molecular weight is 407 g/mol. The van der Waals surface area contributed by atoms with Crippen LogP contribution in [0.4, 0.5) is 16.2 Å². The molecular formula is C23H25N3O4. The Bertz CT molecular complexity index is 990. The van der Waals surface area contributed by atoms with Gasteiger partial charge < -0.3 is 10.1 Å². The van der Waals surface area contributed by atoms with E-state index >= 15 is 0 Å². The van der Waals surface area contributed by atoms with Crippen molar-refractivity contribution in [3.63, 3.8) is 0 Å². The van der Waals surface area contributed by atoms with Crippen LogP contribution >= 0.6 is 0 Å². The van der Waals surface area contributed by atoms with Crippen molar-refractivity contribution >= 4 is 29.3 Å². The summed E-state index contributed by atoms with van der Waals surface area (Å²) in [4.78, 5) is 38.5. The van der Waals surface area contributed by atoms with Crippen LogP contribution in [0.25, 0.3) is 0 Å². The molecule has 0 aromatic heterocycles. The fourth-order valence-electron chi connectivity index (χ4n) is 3.85. The summed E-state index contributed by atoms with van der Waals surface area (Å²) in [6, 6.07) is 12.6. The van der Waals surface area contributed by atoms with Crippen LogP contribution < -0.4 is 10.6 Å². The minimum Gasteiger partial charge on any atom is -0.444 e. The molecule has 3 amide bonds. The van der Waals surface area contributed by atoms with Gasteiger partial charge >= 0.3 is 6.09 Å². The van der Waals surface area contributed by atoms with Gasteiger partial charge in [0.15, 0.2) is 0 Å². The first kappa shape index (κ1) is 19.9. The molecule has 30 heavy (non-hydrogen) atoms. The number of imide groups is 1. The number of amides is 3. The van der Waals surface area contributed by atoms with E-state index in [-0.39, 0.29) is 17.7 Å². The molecule has 0 saturated carbocycles. The molecule has 0 bridgehead atoms. The number of rotatable bonds is 3. The summed E-state index contributed by atoms with van der Waals surface area (Å²) in [5.41, 5.74) is 3.05. The molecule has 2 aromatic rings. The molecule has 0 radical (unpaired) electrons. The minimum atomic E-state index is -0.562. The van der Waals surface area contributed by atoms with Gasteiger partial charge in [0.2, 0.25) is 0 Å². The first-order valence-electron chi connectivity index (χ1n) is 10.0. The second kappa shape index (κ2) is 7.48. The second-order valence-corrected chi connectivity index (χ2v) is 8.72. The quantitative estimate of drug-likeness (QED) is 0.753. The summed E-state index contributed by atoms with van der Waals surface area (Å²) >= 11 is 0. The molecule has 7 nitrogen and oxygen atoms in total. The van der Waals surface area contributed by atoms with Crippen molar-refractivity contribution in [2.45, 2.75) is 32.8 Å². The van der Waals surface area contributed by atoms with Crippen LogP contribution in [0.5, 0.6) is 0 Å². The zero-order valence-corrected chi connectivity index (χ0v) is 17.3. The Morgan fingerprint density at radius 2 is 1.80 bits per heavy atom. The molecule has 0 spiro atoms. The van der Waals surface area contributed by atoms with Crippen molar-refractivity contribution in [2.75, 3.05) is 23.7 Å². The molecule has 0 aliphatic carbocycles. The number of benzene rings is 2. The Morgan fingerprint density at radius 1 is 1.13 bits per heavy atom. The van der Waals surface area contributed by atoms with E-state index in [0.717, 1.165) is 17.7 Å². The van der Waals surface area contributed by atoms with Crippen LogP contribution in [0.3, 0.4) is 0 Å². The van der Waals surface area contributed by atoms with E-state index in [2.05, 4.69) is 10.6 Å². The van der Waals surface area contributed by atoms with Crippen molar-refractivity contribution < 1.29 is 19.1 Å². The molecule has 0 unspecified atom stereocenters. The van der Waals surface area contributed by atoms with Gasteiger partial charge in [-0.05, 0) is 62.9 Å². The number of carbonyl (C=O) groups excluding carboxylic acids is 3. The van der Waals surface area contributed by atoms with E-state index in [4.69, 9.17) is 4.74 Å². The molecule has 2 aliphatic rings. The number of nitrogens with zero attached hydrogens (tertiary/aromatic N) is 1. The van der Waals surface area contributed by atoms with Gasteiger partial charge in [-0.2, -0.15) is 0 Å². The number of carbonyl (C=O) groups is 3. The molecule has 4 rings (SSSR count). The highest BCUT2D eigenvalue weighted by Gasteiger charge is 2.36. The lowest BCUT2D eigenvalue weighted by Crippen LogP contribution is -2.39. The number of hydrogen-bond donors (Lipinski definition) is 2. The van der Waals surface area contributed by atoms with Gasteiger partial charge in [0, 0.05) is 24.5 Å². The first-order valence-corrected chi connectivity index (χ1v) is 10.0. The molecule has 2 aliphatic heterocycles. The van der Waals surface area contributed by atoms with Crippen LogP contribution in [-0.2, 0) is 11.2 Å². The van der Waals surface area contributed by atoms with Crippen molar-refractivity contribution in [1.82, 2.24) is 4.90 Å². The Kier molecular flexibility index (Phi) is 4.97. The fraction of sp³-hybridized carbons (Fsp3) is 0.348. The maximum atomic E-state index is 12.6. The van der Waals surface area contributed by atoms with Crippen molar-refractivity contribution in [3.05, 3.63) is 59.2 Å². The van der Waals surface area contributed by atoms with Crippen LogP contribution in [0.15, 0.2) is 42.5 Å². The summed E-state index contributed by atoms with van der Waals surface area (Å²) in [5.74, 6) is -0.332. The Morgan fingerprint density at radius 3 is 2.43 bits per heavy atom. The van der Waals surface area contributed by atoms with Crippen LogP contribution in [0.1, 0.15) is 47.1 Å². The third-order valence-corrected chi connectivity index (χ3v) is 5.16. The third kappa shape index (κ3) is 4.01. The number of hydrogen-bond acceptors (Lipinski definition) is 5. The average Bonchev–Trinajstić information content (AvgIpc) is 2.92. The van der Waals surface area contributed by atoms with Crippen molar-refractivity contribution in [1.29, 1.82) is 0 Å². The van der Waals surface area contributed by atoms with E-state index in [0.29, 0.717) is 29.9 Å². The molecule has 2 aromatic carbocycles. The molecule has 0 fully saturated rings. The van der Waals surface area contributed by atoms with Gasteiger partial charge in [0.05, 0.1) is 11.1 Å². The van der Waals surface area contributed by atoms with Gasteiger partial charge in [-0.3, -0.25) is 19.8 Å². The smallest absolute Gasteiger partial charge is 0.412 e. The highest BCUT2D eigenvalue weighted by atomic mass is 16.6. The largest absolute Gasteiger partial charge is 0.444 e. The van der Waals surface area contributed by atoms with Gasteiger partial charge in [-0.1, -0.05) is 18.2 Å². The number of nitrogens with one attached hydrogen (secondary N) is 2. The van der Waals surface area contributed by atoms with Crippen LogP contribution in [-0.4, -0.2) is 41.5 Å². The maximum absolute atomic E-state index is 12.6. The maximum Gasteiger partial charge on any atom is 0.412 e. The fourth-order valence-corrected chi connectivity index (χ4v) is 3.85. The van der Waals surface area contributed by atoms with Crippen molar-refractivity contribution in [2.24, 2.45) is 5.92 Å². The monoisotopic (exact) mass is 407 g/mol. The van der Waals surface area contributed by atoms with Crippen molar-refractivity contribution in [3.8, 4) is 0 Å². The van der Waals surface area contributed by atoms with Gasteiger partial charge in [-0.25, -0.2) is 4.79 Å². The lowest BCUT2D eigenvalue weighted by Gasteiger charge is -2.29. The van der Waals surface area contributed by atoms with Crippen LogP contribution in [0, 0.1) is 5.92 Å². The zero-order valence-electron chi connectivity index (χ0n) is 17.3. The molecule has 0 saturated heterocycles.